The van der Waals surface area contributed by atoms with Gasteiger partial charge in [-0.15, -0.1) is 0 Å². The Hall–Kier alpha value is -2.48. The molecule has 1 atom stereocenters. The molecule has 0 saturated carbocycles. The van der Waals surface area contributed by atoms with E-state index in [9.17, 15) is 13.6 Å². The largest absolute Gasteiger partial charge is 0.492 e. The number of rotatable bonds is 6. The Labute approximate surface area is 150 Å². The number of hydrogen-bond acceptors (Lipinski definition) is 4. The zero-order valence-corrected chi connectivity index (χ0v) is 14.5. The number of nitrogens with one attached hydrogen (secondary N) is 1. The molecule has 140 valence electrons. The highest BCUT2D eigenvalue weighted by molar-refractivity contribution is 6.03. The summed E-state index contributed by atoms with van der Waals surface area (Å²) >= 11 is 0. The van der Waals surface area contributed by atoms with Crippen LogP contribution < -0.4 is 15.8 Å². The molecule has 2 aromatic rings. The Bertz CT molecular complexity index is 791. The highest BCUT2D eigenvalue weighted by atomic mass is 19.3. The lowest BCUT2D eigenvalue weighted by atomic mass is 10.0. The number of carbonyl (C=O) groups is 1. The quantitative estimate of drug-likeness (QED) is 0.825. The van der Waals surface area contributed by atoms with Crippen LogP contribution in [-0.4, -0.2) is 34.8 Å². The van der Waals surface area contributed by atoms with E-state index >= 15 is 0 Å². The van der Waals surface area contributed by atoms with Crippen LogP contribution in [0.2, 0.25) is 0 Å². The van der Waals surface area contributed by atoms with Crippen molar-refractivity contribution in [2.45, 2.75) is 45.2 Å². The second-order valence-electron chi connectivity index (χ2n) is 6.40. The molecule has 1 aliphatic heterocycles. The maximum atomic E-state index is 12.7. The maximum Gasteiger partial charge on any atom is 0.276 e. The molecule has 1 aromatic carbocycles. The molecule has 8 heteroatoms. The number of nitrogens with zero attached hydrogens (tertiary/aromatic N) is 2. The van der Waals surface area contributed by atoms with Gasteiger partial charge in [-0.3, -0.25) is 9.48 Å². The zero-order valence-electron chi connectivity index (χ0n) is 14.5. The molecular formula is C18H22F2N4O2. The van der Waals surface area contributed by atoms with Crippen molar-refractivity contribution < 1.29 is 18.3 Å². The molecule has 2 heterocycles. The molecule has 1 aromatic heterocycles. The summed E-state index contributed by atoms with van der Waals surface area (Å²) in [6.07, 6.45) is -0.437. The molecule has 1 aliphatic rings. The van der Waals surface area contributed by atoms with Gasteiger partial charge in [0.2, 0.25) is 0 Å². The number of benzene rings is 1. The second-order valence-corrected chi connectivity index (χ2v) is 6.40. The Morgan fingerprint density at radius 3 is 3.00 bits per heavy atom. The molecule has 0 saturated heterocycles. The molecule has 3 N–H and O–H groups in total. The van der Waals surface area contributed by atoms with E-state index in [2.05, 4.69) is 10.4 Å². The van der Waals surface area contributed by atoms with Gasteiger partial charge in [-0.2, -0.15) is 5.10 Å². The minimum Gasteiger partial charge on any atom is -0.492 e. The molecule has 26 heavy (non-hydrogen) atoms. The molecule has 1 amide bonds. The van der Waals surface area contributed by atoms with Gasteiger partial charge < -0.3 is 15.8 Å². The second kappa shape index (κ2) is 7.82. The van der Waals surface area contributed by atoms with E-state index in [0.29, 0.717) is 30.2 Å². The van der Waals surface area contributed by atoms with Crippen molar-refractivity contribution in [3.8, 4) is 5.75 Å². The van der Waals surface area contributed by atoms with Gasteiger partial charge in [-0.25, -0.2) is 8.78 Å². The number of ether oxygens (including phenoxy) is 1. The molecular weight excluding hydrogens is 342 g/mol. The molecule has 0 spiro atoms. The van der Waals surface area contributed by atoms with Crippen LogP contribution >= 0.6 is 0 Å². The number of alkyl halides is 2. The number of fused-ring (bicyclic) bond motifs is 1. The lowest BCUT2D eigenvalue weighted by Gasteiger charge is -2.22. The van der Waals surface area contributed by atoms with E-state index in [1.807, 2.05) is 13.0 Å². The maximum absolute atomic E-state index is 12.7. The number of anilines is 1. The Morgan fingerprint density at radius 1 is 1.46 bits per heavy atom. The van der Waals surface area contributed by atoms with Crippen LogP contribution in [0.3, 0.4) is 0 Å². The molecule has 6 nitrogen and oxygen atoms in total. The summed E-state index contributed by atoms with van der Waals surface area (Å²) in [6, 6.07) is 6.90. The standard InChI is InChI=1S/C18H22F2N4O2/c1-2-3-14-8-15(23-24(14)9-17(19)20)18(25)22-13-5-4-11-6-12(21)10-26-16(11)7-13/h4-5,7-8,12,17H,2-3,6,9-10,21H2,1H3,(H,22,25)/t12-/m0/s1. The lowest BCUT2D eigenvalue weighted by molar-refractivity contribution is 0.101. The van der Waals surface area contributed by atoms with Crippen molar-refractivity contribution in [2.24, 2.45) is 5.73 Å². The van der Waals surface area contributed by atoms with Crippen molar-refractivity contribution in [1.82, 2.24) is 9.78 Å². The third kappa shape index (κ3) is 4.19. The van der Waals surface area contributed by atoms with Crippen LogP contribution in [0, 0.1) is 0 Å². The van der Waals surface area contributed by atoms with Gasteiger partial charge in [0.05, 0.1) is 0 Å². The number of aromatic nitrogens is 2. The van der Waals surface area contributed by atoms with Crippen molar-refractivity contribution in [3.63, 3.8) is 0 Å². The van der Waals surface area contributed by atoms with Crippen molar-refractivity contribution >= 4 is 11.6 Å². The smallest absolute Gasteiger partial charge is 0.276 e. The molecule has 0 unspecified atom stereocenters. The fourth-order valence-corrected chi connectivity index (χ4v) is 2.98. The van der Waals surface area contributed by atoms with Gasteiger partial charge >= 0.3 is 0 Å². The predicted molar refractivity (Wildman–Crippen MR) is 93.8 cm³/mol. The number of nitrogens with two attached hydrogens (primary N) is 1. The summed E-state index contributed by atoms with van der Waals surface area (Å²) in [5, 5.41) is 6.78. The van der Waals surface area contributed by atoms with Gasteiger partial charge in [-0.1, -0.05) is 19.4 Å². The lowest BCUT2D eigenvalue weighted by Crippen LogP contribution is -2.33. The molecule has 3 rings (SSSR count). The van der Waals surface area contributed by atoms with Gasteiger partial charge in [0.15, 0.2) is 5.69 Å². The number of carbonyl (C=O) groups excluding carboxylic acids is 1. The molecule has 0 bridgehead atoms. The van der Waals surface area contributed by atoms with E-state index in [1.165, 1.54) is 4.68 Å². The van der Waals surface area contributed by atoms with Crippen LogP contribution in [0.25, 0.3) is 0 Å². The third-order valence-corrected chi connectivity index (χ3v) is 4.17. The van der Waals surface area contributed by atoms with Crippen LogP contribution in [0.5, 0.6) is 5.75 Å². The minimum atomic E-state index is -2.52. The van der Waals surface area contributed by atoms with Crippen molar-refractivity contribution in [3.05, 3.63) is 41.2 Å². The van der Waals surface area contributed by atoms with Crippen molar-refractivity contribution in [2.75, 3.05) is 11.9 Å². The van der Waals surface area contributed by atoms with Crippen LogP contribution in [0.1, 0.15) is 35.1 Å². The van der Waals surface area contributed by atoms with E-state index < -0.39 is 18.9 Å². The first-order valence-corrected chi connectivity index (χ1v) is 8.63. The topological polar surface area (TPSA) is 82.2 Å². The first kappa shape index (κ1) is 18.3. The number of amides is 1. The predicted octanol–water partition coefficient (Wildman–Crippen LogP) is 2.62. The van der Waals surface area contributed by atoms with Gasteiger partial charge in [0.1, 0.15) is 18.9 Å². The minimum absolute atomic E-state index is 0.0290. The average molecular weight is 364 g/mol. The highest BCUT2D eigenvalue weighted by Crippen LogP contribution is 2.28. The zero-order chi connectivity index (χ0) is 18.7. The summed E-state index contributed by atoms with van der Waals surface area (Å²) in [5.74, 6) is 0.252. The van der Waals surface area contributed by atoms with Crippen molar-refractivity contribution in [1.29, 1.82) is 0 Å². The van der Waals surface area contributed by atoms with E-state index in [-0.39, 0.29) is 11.7 Å². The van der Waals surface area contributed by atoms with E-state index in [1.54, 1.807) is 18.2 Å². The van der Waals surface area contributed by atoms with Crippen LogP contribution in [-0.2, 0) is 19.4 Å². The van der Waals surface area contributed by atoms with Crippen LogP contribution in [0.15, 0.2) is 24.3 Å². The Morgan fingerprint density at radius 2 is 2.27 bits per heavy atom. The summed E-state index contributed by atoms with van der Waals surface area (Å²) in [6.45, 7) is 1.86. The SMILES string of the molecule is CCCc1cc(C(=O)Nc2ccc3c(c2)OC[C@@H](N)C3)nn1CC(F)F. The number of aryl methyl sites for hydroxylation is 1. The summed E-state index contributed by atoms with van der Waals surface area (Å²) in [4.78, 5) is 12.5. The third-order valence-electron chi connectivity index (χ3n) is 4.17. The van der Waals surface area contributed by atoms with Gasteiger partial charge in [0, 0.05) is 23.5 Å². The first-order valence-electron chi connectivity index (χ1n) is 8.63. The summed E-state index contributed by atoms with van der Waals surface area (Å²) in [5.41, 5.74) is 8.16. The first-order chi connectivity index (χ1) is 12.5. The van der Waals surface area contributed by atoms with Gasteiger partial charge in [-0.05, 0) is 30.5 Å². The van der Waals surface area contributed by atoms with Crippen LogP contribution in [0.4, 0.5) is 14.5 Å². The monoisotopic (exact) mass is 364 g/mol. The molecule has 0 fully saturated rings. The average Bonchev–Trinajstić information content (AvgIpc) is 2.97. The normalized spacial score (nSPS) is 16.3. The van der Waals surface area contributed by atoms with E-state index in [0.717, 1.165) is 18.4 Å². The Kier molecular flexibility index (Phi) is 5.51. The number of hydrogen-bond donors (Lipinski definition) is 2. The molecule has 0 aliphatic carbocycles. The van der Waals surface area contributed by atoms with Gasteiger partial charge in [0.25, 0.3) is 12.3 Å². The highest BCUT2D eigenvalue weighted by Gasteiger charge is 2.19. The van der Waals surface area contributed by atoms with E-state index in [4.69, 9.17) is 10.5 Å². The summed E-state index contributed by atoms with van der Waals surface area (Å²) < 4.78 is 32.2. The fraction of sp³-hybridized carbons (Fsp3) is 0.444. The Balaban J connectivity index is 1.75. The number of halogens is 2. The molecule has 0 radical (unpaired) electrons. The summed E-state index contributed by atoms with van der Waals surface area (Å²) in [7, 11) is 0. The fourth-order valence-electron chi connectivity index (χ4n) is 2.98.